The molecule has 13 heavy (non-hydrogen) atoms. The van der Waals surface area contributed by atoms with Crippen LogP contribution >= 0.6 is 0 Å². The summed E-state index contributed by atoms with van der Waals surface area (Å²) in [6.07, 6.45) is 0. The van der Waals surface area contributed by atoms with E-state index in [0.29, 0.717) is 11.3 Å². The van der Waals surface area contributed by atoms with Gasteiger partial charge in [-0.3, -0.25) is 4.79 Å². The summed E-state index contributed by atoms with van der Waals surface area (Å²) in [5.74, 6) is -0.263. The molecule has 0 aliphatic carbocycles. The van der Waals surface area contributed by atoms with Crippen LogP contribution in [0.5, 0.6) is 0 Å². The lowest BCUT2D eigenvalue weighted by Gasteiger charge is -2.07. The Morgan fingerprint density at radius 2 is 2.15 bits per heavy atom. The van der Waals surface area contributed by atoms with Crippen LogP contribution in [0.1, 0.15) is 5.56 Å². The Morgan fingerprint density at radius 1 is 1.46 bits per heavy atom. The fourth-order valence-electron chi connectivity index (χ4n) is 0.981. The van der Waals surface area contributed by atoms with Crippen molar-refractivity contribution in [1.29, 1.82) is 0 Å². The molecule has 0 bridgehead atoms. The van der Waals surface area contributed by atoms with E-state index in [1.807, 2.05) is 0 Å². The molecule has 0 saturated heterocycles. The smallest absolute Gasteiger partial charge is 0.238 e. The van der Waals surface area contributed by atoms with E-state index in [1.165, 1.54) is 0 Å². The van der Waals surface area contributed by atoms with Gasteiger partial charge in [-0.1, -0.05) is 18.2 Å². The number of aliphatic hydroxyl groups excluding tert-OH is 1. The lowest BCUT2D eigenvalue weighted by atomic mass is 10.2. The van der Waals surface area contributed by atoms with Gasteiger partial charge in [0, 0.05) is 11.3 Å². The quantitative estimate of drug-likeness (QED) is 0.616. The number of nitrogens with one attached hydrogen (secondary N) is 1. The van der Waals surface area contributed by atoms with E-state index in [9.17, 15) is 4.79 Å². The maximum atomic E-state index is 10.9. The molecule has 1 aromatic rings. The highest BCUT2D eigenvalue weighted by Crippen LogP contribution is 2.13. The minimum atomic E-state index is -0.263. The van der Waals surface area contributed by atoms with E-state index >= 15 is 0 Å². The zero-order chi connectivity index (χ0) is 9.68. The minimum absolute atomic E-state index is 0.0558. The number of amides is 1. The predicted octanol–water partition coefficient (Wildman–Crippen LogP) is 0.0761. The SMILES string of the molecule is NCC(=O)Nc1ccccc1CO. The molecule has 0 aromatic heterocycles. The van der Waals surface area contributed by atoms with Gasteiger partial charge in [0.15, 0.2) is 0 Å². The number of anilines is 1. The lowest BCUT2D eigenvalue weighted by Crippen LogP contribution is -2.22. The number of carbonyl (C=O) groups is 1. The third-order valence-corrected chi connectivity index (χ3v) is 1.65. The Hall–Kier alpha value is -1.39. The van der Waals surface area contributed by atoms with Crippen LogP contribution < -0.4 is 11.1 Å². The van der Waals surface area contributed by atoms with Crippen LogP contribution in [0.25, 0.3) is 0 Å². The Bertz CT molecular complexity index is 299. The van der Waals surface area contributed by atoms with E-state index in [1.54, 1.807) is 24.3 Å². The molecule has 0 saturated carbocycles. The molecule has 70 valence electrons. The van der Waals surface area contributed by atoms with Gasteiger partial charge < -0.3 is 16.2 Å². The summed E-state index contributed by atoms with van der Waals surface area (Å²) in [5.41, 5.74) is 6.43. The topological polar surface area (TPSA) is 75.4 Å². The molecular weight excluding hydrogens is 168 g/mol. The maximum Gasteiger partial charge on any atom is 0.238 e. The first-order valence-electron chi connectivity index (χ1n) is 3.96. The summed E-state index contributed by atoms with van der Waals surface area (Å²) in [7, 11) is 0. The van der Waals surface area contributed by atoms with Gasteiger partial charge in [-0.2, -0.15) is 0 Å². The maximum absolute atomic E-state index is 10.9. The minimum Gasteiger partial charge on any atom is -0.392 e. The number of hydrogen-bond donors (Lipinski definition) is 3. The monoisotopic (exact) mass is 180 g/mol. The second-order valence-corrected chi connectivity index (χ2v) is 2.57. The number of hydrogen-bond acceptors (Lipinski definition) is 3. The van der Waals surface area contributed by atoms with Gasteiger partial charge in [0.2, 0.25) is 5.91 Å². The Morgan fingerprint density at radius 3 is 2.77 bits per heavy atom. The van der Waals surface area contributed by atoms with E-state index in [-0.39, 0.29) is 19.1 Å². The van der Waals surface area contributed by atoms with Gasteiger partial charge in [-0.05, 0) is 6.07 Å². The van der Waals surface area contributed by atoms with Gasteiger partial charge in [0.05, 0.1) is 13.2 Å². The average Bonchev–Trinajstić information content (AvgIpc) is 2.18. The second-order valence-electron chi connectivity index (χ2n) is 2.57. The zero-order valence-electron chi connectivity index (χ0n) is 7.16. The third-order valence-electron chi connectivity index (χ3n) is 1.65. The van der Waals surface area contributed by atoms with E-state index in [0.717, 1.165) is 0 Å². The van der Waals surface area contributed by atoms with Crippen LogP contribution in [0.15, 0.2) is 24.3 Å². The molecular formula is C9H12N2O2. The average molecular weight is 180 g/mol. The fourth-order valence-corrected chi connectivity index (χ4v) is 0.981. The predicted molar refractivity (Wildman–Crippen MR) is 50.0 cm³/mol. The molecule has 0 aliphatic heterocycles. The molecule has 1 rings (SSSR count). The number of benzene rings is 1. The van der Waals surface area contributed by atoms with Crippen molar-refractivity contribution in [1.82, 2.24) is 0 Å². The van der Waals surface area contributed by atoms with Gasteiger partial charge in [-0.15, -0.1) is 0 Å². The van der Waals surface area contributed by atoms with Crippen LogP contribution in [-0.2, 0) is 11.4 Å². The Kier molecular flexibility index (Phi) is 3.42. The van der Waals surface area contributed by atoms with Gasteiger partial charge in [-0.25, -0.2) is 0 Å². The molecule has 4 N–H and O–H groups in total. The van der Waals surface area contributed by atoms with Crippen LogP contribution in [0, 0.1) is 0 Å². The Balaban J connectivity index is 2.81. The number of carbonyl (C=O) groups excluding carboxylic acids is 1. The molecule has 0 unspecified atom stereocenters. The lowest BCUT2D eigenvalue weighted by molar-refractivity contribution is -0.114. The van der Waals surface area contributed by atoms with Crippen molar-refractivity contribution in [2.45, 2.75) is 6.61 Å². The molecule has 1 aromatic carbocycles. The van der Waals surface area contributed by atoms with Crippen LogP contribution in [0.4, 0.5) is 5.69 Å². The van der Waals surface area contributed by atoms with Crippen molar-refractivity contribution in [3.05, 3.63) is 29.8 Å². The standard InChI is InChI=1S/C9H12N2O2/c10-5-9(13)11-8-4-2-1-3-7(8)6-12/h1-4,12H,5-6,10H2,(H,11,13). The Labute approximate surface area is 76.4 Å². The number of aliphatic hydroxyl groups is 1. The summed E-state index contributed by atoms with van der Waals surface area (Å²) in [5, 5.41) is 11.5. The second kappa shape index (κ2) is 4.59. The van der Waals surface area contributed by atoms with Crippen LogP contribution in [-0.4, -0.2) is 17.6 Å². The van der Waals surface area contributed by atoms with Crippen LogP contribution in [0.3, 0.4) is 0 Å². The van der Waals surface area contributed by atoms with Gasteiger partial charge in [0.1, 0.15) is 0 Å². The molecule has 0 atom stereocenters. The van der Waals surface area contributed by atoms with Gasteiger partial charge in [0.25, 0.3) is 0 Å². The molecule has 0 spiro atoms. The fraction of sp³-hybridized carbons (Fsp3) is 0.222. The van der Waals surface area contributed by atoms with Crippen molar-refractivity contribution >= 4 is 11.6 Å². The van der Waals surface area contributed by atoms with E-state index < -0.39 is 0 Å². The molecule has 4 nitrogen and oxygen atoms in total. The molecule has 0 radical (unpaired) electrons. The number of rotatable bonds is 3. The first-order chi connectivity index (χ1) is 6.27. The third kappa shape index (κ3) is 2.54. The highest BCUT2D eigenvalue weighted by Gasteiger charge is 2.02. The largest absolute Gasteiger partial charge is 0.392 e. The van der Waals surface area contributed by atoms with E-state index in [2.05, 4.69) is 5.32 Å². The molecule has 4 heteroatoms. The molecule has 0 fully saturated rings. The summed E-state index contributed by atoms with van der Waals surface area (Å²) in [6, 6.07) is 7.04. The van der Waals surface area contributed by atoms with Crippen molar-refractivity contribution in [2.24, 2.45) is 5.73 Å². The summed E-state index contributed by atoms with van der Waals surface area (Å²) >= 11 is 0. The highest BCUT2D eigenvalue weighted by molar-refractivity contribution is 5.92. The summed E-state index contributed by atoms with van der Waals surface area (Å²) in [4.78, 5) is 10.9. The summed E-state index contributed by atoms with van der Waals surface area (Å²) < 4.78 is 0. The zero-order valence-corrected chi connectivity index (χ0v) is 7.16. The molecule has 0 heterocycles. The van der Waals surface area contributed by atoms with Crippen molar-refractivity contribution in [3.63, 3.8) is 0 Å². The van der Waals surface area contributed by atoms with Crippen LogP contribution in [0.2, 0.25) is 0 Å². The van der Waals surface area contributed by atoms with Crippen molar-refractivity contribution < 1.29 is 9.90 Å². The number of nitrogens with two attached hydrogens (primary N) is 1. The normalized spacial score (nSPS) is 9.69. The number of para-hydroxylation sites is 1. The van der Waals surface area contributed by atoms with E-state index in [4.69, 9.17) is 10.8 Å². The summed E-state index contributed by atoms with van der Waals surface area (Å²) in [6.45, 7) is -0.152. The van der Waals surface area contributed by atoms with Crippen molar-refractivity contribution in [2.75, 3.05) is 11.9 Å². The first kappa shape index (κ1) is 9.70. The van der Waals surface area contributed by atoms with Crippen molar-refractivity contribution in [3.8, 4) is 0 Å². The van der Waals surface area contributed by atoms with Gasteiger partial charge >= 0.3 is 0 Å². The first-order valence-corrected chi connectivity index (χ1v) is 3.96. The highest BCUT2D eigenvalue weighted by atomic mass is 16.3. The molecule has 0 aliphatic rings. The molecule has 1 amide bonds.